The van der Waals surface area contributed by atoms with Gasteiger partial charge < -0.3 is 14.7 Å². The summed E-state index contributed by atoms with van der Waals surface area (Å²) in [4.78, 5) is 0. The van der Waals surface area contributed by atoms with Crippen LogP contribution >= 0.6 is 0 Å². The van der Waals surface area contributed by atoms with Crippen molar-refractivity contribution in [3.63, 3.8) is 0 Å². The average Bonchev–Trinajstić information content (AvgIpc) is 2.61. The Balaban J connectivity index is 2.60. The number of hydrogen-bond donors (Lipinski definition) is 1. The predicted molar refractivity (Wildman–Crippen MR) is 52.7 cm³/mol. The fourth-order valence-electron chi connectivity index (χ4n) is 1.50. The minimum absolute atomic E-state index is 0.110. The lowest BCUT2D eigenvalue weighted by Gasteiger charge is -2.12. The zero-order valence-corrected chi connectivity index (χ0v) is 9.04. The molecule has 0 atom stereocenters. The maximum absolute atomic E-state index is 11.5. The third-order valence-corrected chi connectivity index (χ3v) is 2.19. The van der Waals surface area contributed by atoms with Crippen molar-refractivity contribution in [2.24, 2.45) is 0 Å². The van der Waals surface area contributed by atoms with Crippen LogP contribution in [0, 0.1) is 0 Å². The molecule has 0 radical (unpaired) electrons. The minimum Gasteiger partial charge on any atom is -0.539 e. The predicted octanol–water partition coefficient (Wildman–Crippen LogP) is 0.252. The van der Waals surface area contributed by atoms with E-state index < -0.39 is 11.5 Å². The van der Waals surface area contributed by atoms with Crippen LogP contribution in [0.4, 0.5) is 0 Å². The van der Waals surface area contributed by atoms with Crippen molar-refractivity contribution in [1.82, 2.24) is 5.27 Å². The van der Waals surface area contributed by atoms with Crippen LogP contribution in [-0.2, 0) is 5.60 Å². The average molecular weight is 220 g/mol. The number of aliphatic hydroxyl groups is 1. The topological polar surface area (TPSA) is 73.2 Å². The molecule has 0 amide bonds. The summed E-state index contributed by atoms with van der Waals surface area (Å²) in [6.45, 7) is 3.03. The van der Waals surface area contributed by atoms with Crippen molar-refractivity contribution >= 4 is 0 Å². The summed E-state index contributed by atoms with van der Waals surface area (Å²) in [5, 5.41) is 25.0. The summed E-state index contributed by atoms with van der Waals surface area (Å²) in [5.41, 5.74) is -0.517. The van der Waals surface area contributed by atoms with Gasteiger partial charge in [0.1, 0.15) is 5.60 Å². The third kappa shape index (κ3) is 1.77. The van der Waals surface area contributed by atoms with E-state index in [0.717, 1.165) is 0 Å². The van der Waals surface area contributed by atoms with Crippen molar-refractivity contribution in [1.29, 1.82) is 0 Å². The normalized spacial score (nSPS) is 11.7. The molecule has 0 spiro atoms. The van der Waals surface area contributed by atoms with Crippen LogP contribution in [0.2, 0.25) is 0 Å². The first-order valence-electron chi connectivity index (χ1n) is 4.87. The Labute approximate surface area is 92.5 Å². The summed E-state index contributed by atoms with van der Waals surface area (Å²) in [5.74, 6) is -0.628. The highest BCUT2D eigenvalue weighted by Crippen LogP contribution is 2.23. The van der Waals surface area contributed by atoms with Gasteiger partial charge in [-0.15, -0.1) is 0 Å². The van der Waals surface area contributed by atoms with Gasteiger partial charge in [-0.2, -0.15) is 0 Å². The van der Waals surface area contributed by atoms with Crippen LogP contribution < -0.4 is 9.79 Å². The van der Waals surface area contributed by atoms with Crippen molar-refractivity contribution in [2.45, 2.75) is 19.4 Å². The molecule has 84 valence electrons. The third-order valence-electron chi connectivity index (χ3n) is 2.19. The summed E-state index contributed by atoms with van der Waals surface area (Å²) >= 11 is 0. The van der Waals surface area contributed by atoms with Crippen molar-refractivity contribution in [2.75, 3.05) is 0 Å². The first-order chi connectivity index (χ1) is 7.50. The van der Waals surface area contributed by atoms with Gasteiger partial charge in [0.2, 0.25) is 5.69 Å². The molecule has 5 nitrogen and oxygen atoms in total. The number of nitrogens with zero attached hydrogens (tertiary/aromatic N) is 2. The zero-order valence-electron chi connectivity index (χ0n) is 9.04. The van der Waals surface area contributed by atoms with Crippen molar-refractivity contribution < 1.29 is 19.4 Å². The SMILES string of the molecule is CC(C)(O)c1c([O-])on[n+]1-c1ccccc1. The van der Waals surface area contributed by atoms with E-state index in [2.05, 4.69) is 9.79 Å². The van der Waals surface area contributed by atoms with Crippen LogP contribution in [-0.4, -0.2) is 10.4 Å². The Hall–Kier alpha value is -1.88. The van der Waals surface area contributed by atoms with Crippen LogP contribution in [0.1, 0.15) is 19.5 Å². The number of benzene rings is 1. The van der Waals surface area contributed by atoms with Crippen LogP contribution in [0.3, 0.4) is 0 Å². The highest BCUT2D eigenvalue weighted by atomic mass is 16.6. The first kappa shape index (κ1) is 10.6. The summed E-state index contributed by atoms with van der Waals surface area (Å²) in [6.07, 6.45) is 0. The van der Waals surface area contributed by atoms with E-state index in [1.165, 1.54) is 18.5 Å². The molecule has 0 saturated carbocycles. The molecule has 0 bridgehead atoms. The Morgan fingerprint density at radius 2 is 1.94 bits per heavy atom. The van der Waals surface area contributed by atoms with Gasteiger partial charge in [-0.25, -0.2) is 0 Å². The lowest BCUT2D eigenvalue weighted by Crippen LogP contribution is -2.42. The second-order valence-electron chi connectivity index (χ2n) is 4.02. The Morgan fingerprint density at radius 3 is 2.50 bits per heavy atom. The van der Waals surface area contributed by atoms with Gasteiger partial charge in [0.25, 0.3) is 5.69 Å². The Kier molecular flexibility index (Phi) is 2.40. The van der Waals surface area contributed by atoms with Gasteiger partial charge in [-0.1, -0.05) is 18.2 Å². The molecule has 5 heteroatoms. The van der Waals surface area contributed by atoms with Gasteiger partial charge in [0.15, 0.2) is 5.95 Å². The number of rotatable bonds is 2. The second-order valence-corrected chi connectivity index (χ2v) is 4.02. The van der Waals surface area contributed by atoms with Gasteiger partial charge in [-0.05, 0) is 18.5 Å². The summed E-state index contributed by atoms with van der Waals surface area (Å²) in [6, 6.07) is 9.03. The molecule has 0 aliphatic rings. The molecule has 1 N–H and O–H groups in total. The molecule has 1 aromatic heterocycles. The molecule has 16 heavy (non-hydrogen) atoms. The monoisotopic (exact) mass is 220 g/mol. The molecule has 0 unspecified atom stereocenters. The molecular formula is C11H12N2O3. The Bertz CT molecular complexity index is 486. The van der Waals surface area contributed by atoms with E-state index in [0.29, 0.717) is 5.69 Å². The zero-order chi connectivity index (χ0) is 11.8. The van der Waals surface area contributed by atoms with E-state index in [1.807, 2.05) is 18.2 Å². The maximum Gasteiger partial charge on any atom is 0.270 e. The van der Waals surface area contributed by atoms with E-state index in [-0.39, 0.29) is 5.69 Å². The molecule has 1 heterocycles. The molecule has 2 aromatic rings. The lowest BCUT2D eigenvalue weighted by molar-refractivity contribution is -0.683. The number of para-hydroxylation sites is 1. The van der Waals surface area contributed by atoms with Gasteiger partial charge in [-0.3, -0.25) is 0 Å². The fourth-order valence-corrected chi connectivity index (χ4v) is 1.50. The quantitative estimate of drug-likeness (QED) is 0.736. The van der Waals surface area contributed by atoms with Crippen LogP contribution in [0.25, 0.3) is 5.69 Å². The van der Waals surface area contributed by atoms with Gasteiger partial charge >= 0.3 is 0 Å². The van der Waals surface area contributed by atoms with E-state index in [1.54, 1.807) is 12.1 Å². The largest absolute Gasteiger partial charge is 0.539 e. The smallest absolute Gasteiger partial charge is 0.270 e. The molecule has 0 aliphatic carbocycles. The second kappa shape index (κ2) is 3.61. The highest BCUT2D eigenvalue weighted by Gasteiger charge is 2.33. The van der Waals surface area contributed by atoms with E-state index in [9.17, 15) is 10.2 Å². The Morgan fingerprint density at radius 1 is 1.31 bits per heavy atom. The molecule has 0 saturated heterocycles. The summed E-state index contributed by atoms with van der Waals surface area (Å²) in [7, 11) is 0. The first-order valence-corrected chi connectivity index (χ1v) is 4.87. The minimum atomic E-state index is -1.30. The standard InChI is InChI=1S/C11H12N2O3/c1-11(2,15)9-10(14)16-12-13(9)8-6-4-3-5-7-8/h3-7,15H,1-2H3. The summed E-state index contributed by atoms with van der Waals surface area (Å²) < 4.78 is 5.88. The van der Waals surface area contributed by atoms with Crippen LogP contribution in [0.5, 0.6) is 5.95 Å². The van der Waals surface area contributed by atoms with Gasteiger partial charge in [0.05, 0.1) is 5.27 Å². The molecule has 0 fully saturated rings. The van der Waals surface area contributed by atoms with Crippen molar-refractivity contribution in [3.05, 3.63) is 36.0 Å². The van der Waals surface area contributed by atoms with Gasteiger partial charge in [0, 0.05) is 12.1 Å². The lowest BCUT2D eigenvalue weighted by atomic mass is 10.1. The van der Waals surface area contributed by atoms with E-state index >= 15 is 0 Å². The van der Waals surface area contributed by atoms with E-state index in [4.69, 9.17) is 0 Å². The molecular weight excluding hydrogens is 208 g/mol. The fraction of sp³-hybridized carbons (Fsp3) is 0.273. The molecule has 1 aromatic carbocycles. The van der Waals surface area contributed by atoms with Crippen LogP contribution in [0.15, 0.2) is 34.9 Å². The maximum atomic E-state index is 11.5. The van der Waals surface area contributed by atoms with Crippen molar-refractivity contribution in [3.8, 4) is 11.6 Å². The highest BCUT2D eigenvalue weighted by molar-refractivity contribution is 5.23. The molecule has 0 aliphatic heterocycles. The molecule has 2 rings (SSSR count). The number of hydrogen-bond acceptors (Lipinski definition) is 4. The number of aromatic nitrogens is 2.